The summed E-state index contributed by atoms with van der Waals surface area (Å²) in [6.45, 7) is 5.18. The summed E-state index contributed by atoms with van der Waals surface area (Å²) in [6, 6.07) is 13.0. The monoisotopic (exact) mass is 444 g/mol. The molecule has 1 heterocycles. The second-order valence-electron chi connectivity index (χ2n) is 10.3. The van der Waals surface area contributed by atoms with Crippen molar-refractivity contribution in [2.24, 2.45) is 11.8 Å². The Balaban J connectivity index is 1.28. The zero-order valence-electron chi connectivity index (χ0n) is 19.9. The van der Waals surface area contributed by atoms with E-state index >= 15 is 0 Å². The van der Waals surface area contributed by atoms with E-state index in [1.54, 1.807) is 0 Å². The maximum atomic E-state index is 10.4. The van der Waals surface area contributed by atoms with Gasteiger partial charge in [0.15, 0.2) is 0 Å². The zero-order valence-corrected chi connectivity index (χ0v) is 19.9. The van der Waals surface area contributed by atoms with Gasteiger partial charge in [0.05, 0.1) is 11.9 Å². The van der Waals surface area contributed by atoms with Gasteiger partial charge in [0, 0.05) is 17.8 Å². The second kappa shape index (κ2) is 9.77. The van der Waals surface area contributed by atoms with Crippen molar-refractivity contribution in [1.29, 1.82) is 5.26 Å². The van der Waals surface area contributed by atoms with Gasteiger partial charge in [-0.15, -0.1) is 0 Å². The van der Waals surface area contributed by atoms with Crippen LogP contribution in [0.25, 0.3) is 10.8 Å². The molecule has 2 aromatic rings. The molecule has 5 rings (SSSR count). The summed E-state index contributed by atoms with van der Waals surface area (Å²) < 4.78 is 6.37. The van der Waals surface area contributed by atoms with Crippen LogP contribution in [0, 0.1) is 23.2 Å². The summed E-state index contributed by atoms with van der Waals surface area (Å²) in [4.78, 5) is 2.47. The lowest BCUT2D eigenvalue weighted by Crippen LogP contribution is -2.33. The standard InChI is InChI=1S/C29H36N2O2/c1-2-20-4-10-25(11-5-20)33-28-12-9-22-6-3-21(17-26(22)27(28)18-30)19-31-15-13-24(14-16-31)29(32)23-7-8-23/h3,6,9,12,17,20,24-25,32H,2,4-5,7-8,10-11,13-16,19H2,1H3/t20-,25+. The Morgan fingerprint density at radius 2 is 1.79 bits per heavy atom. The fraction of sp³-hybridized carbons (Fsp3) is 0.552. The van der Waals surface area contributed by atoms with E-state index in [-0.39, 0.29) is 6.10 Å². The highest BCUT2D eigenvalue weighted by atomic mass is 16.5. The first-order chi connectivity index (χ1) is 16.1. The zero-order chi connectivity index (χ0) is 22.8. The molecule has 0 atom stereocenters. The molecule has 1 aliphatic heterocycles. The molecule has 1 saturated heterocycles. The predicted octanol–water partition coefficient (Wildman–Crippen LogP) is 6.88. The molecule has 0 amide bonds. The largest absolute Gasteiger partial charge is 0.512 e. The molecule has 4 heteroatoms. The lowest BCUT2D eigenvalue weighted by atomic mass is 9.86. The van der Waals surface area contributed by atoms with Crippen molar-refractivity contribution in [3.05, 3.63) is 52.8 Å². The quantitative estimate of drug-likeness (QED) is 0.494. The Morgan fingerprint density at radius 3 is 2.45 bits per heavy atom. The van der Waals surface area contributed by atoms with E-state index in [1.165, 1.54) is 30.4 Å². The van der Waals surface area contributed by atoms with Crippen molar-refractivity contribution >= 4 is 10.8 Å². The van der Waals surface area contributed by atoms with Crippen molar-refractivity contribution in [2.45, 2.75) is 77.4 Å². The first kappa shape index (κ1) is 22.3. The number of nitrogens with zero attached hydrogens (tertiary/aromatic N) is 2. The summed E-state index contributed by atoms with van der Waals surface area (Å²) in [5.74, 6) is 2.62. The van der Waals surface area contributed by atoms with Gasteiger partial charge in [-0.05, 0) is 99.0 Å². The first-order valence-corrected chi connectivity index (χ1v) is 12.9. The molecule has 0 spiro atoms. The number of nitriles is 1. The fourth-order valence-electron chi connectivity index (χ4n) is 5.73. The lowest BCUT2D eigenvalue weighted by molar-refractivity contribution is 0.130. The third kappa shape index (κ3) is 5.04. The van der Waals surface area contributed by atoms with E-state index in [4.69, 9.17) is 4.74 Å². The average molecular weight is 445 g/mol. The van der Waals surface area contributed by atoms with Crippen molar-refractivity contribution in [3.8, 4) is 11.8 Å². The number of aliphatic hydroxyl groups excluding tert-OH is 1. The van der Waals surface area contributed by atoms with E-state index in [9.17, 15) is 10.4 Å². The highest BCUT2D eigenvalue weighted by molar-refractivity contribution is 5.90. The van der Waals surface area contributed by atoms with Gasteiger partial charge in [0.25, 0.3) is 0 Å². The maximum absolute atomic E-state index is 10.4. The topological polar surface area (TPSA) is 56.5 Å². The molecule has 174 valence electrons. The molecule has 0 unspecified atom stereocenters. The Morgan fingerprint density at radius 1 is 1.06 bits per heavy atom. The third-order valence-electron chi connectivity index (χ3n) is 8.07. The summed E-state index contributed by atoms with van der Waals surface area (Å²) >= 11 is 0. The highest BCUT2D eigenvalue weighted by Gasteiger charge is 2.28. The van der Waals surface area contributed by atoms with Gasteiger partial charge in [-0.1, -0.05) is 31.5 Å². The third-order valence-corrected chi connectivity index (χ3v) is 8.07. The van der Waals surface area contributed by atoms with Crippen molar-refractivity contribution < 1.29 is 9.84 Å². The van der Waals surface area contributed by atoms with Gasteiger partial charge < -0.3 is 9.84 Å². The van der Waals surface area contributed by atoms with Crippen LogP contribution in [0.2, 0.25) is 0 Å². The number of rotatable bonds is 6. The van der Waals surface area contributed by atoms with Gasteiger partial charge in [-0.25, -0.2) is 0 Å². The van der Waals surface area contributed by atoms with E-state index in [0.717, 1.165) is 80.6 Å². The van der Waals surface area contributed by atoms with Crippen molar-refractivity contribution in [2.75, 3.05) is 13.1 Å². The van der Waals surface area contributed by atoms with Gasteiger partial charge >= 0.3 is 0 Å². The lowest BCUT2D eigenvalue weighted by Gasteiger charge is -2.31. The molecular formula is C29H36N2O2. The van der Waals surface area contributed by atoms with Crippen LogP contribution in [0.3, 0.4) is 0 Å². The average Bonchev–Trinajstić information content (AvgIpc) is 3.70. The van der Waals surface area contributed by atoms with Crippen LogP contribution in [0.15, 0.2) is 41.7 Å². The SMILES string of the molecule is CC[C@H]1CC[C@@H](Oc2ccc3ccc(CN4CCC(C(O)=C5CC5)CC4)cc3c2C#N)CC1. The van der Waals surface area contributed by atoms with Crippen molar-refractivity contribution in [3.63, 3.8) is 0 Å². The molecule has 4 nitrogen and oxygen atoms in total. The van der Waals surface area contributed by atoms with Crippen LogP contribution in [-0.4, -0.2) is 29.2 Å². The normalized spacial score (nSPS) is 23.9. The number of likely N-dealkylation sites (tertiary alicyclic amines) is 1. The molecule has 2 saturated carbocycles. The number of allylic oxidation sites excluding steroid dienone is 2. The Hall–Kier alpha value is -2.51. The first-order valence-electron chi connectivity index (χ1n) is 12.9. The van der Waals surface area contributed by atoms with E-state index in [2.05, 4.69) is 42.2 Å². The smallest absolute Gasteiger partial charge is 0.138 e. The number of aliphatic hydroxyl groups is 1. The molecule has 33 heavy (non-hydrogen) atoms. The maximum Gasteiger partial charge on any atom is 0.138 e. The molecule has 3 fully saturated rings. The van der Waals surface area contributed by atoms with E-state index in [1.807, 2.05) is 6.07 Å². The van der Waals surface area contributed by atoms with Gasteiger partial charge in [0.1, 0.15) is 17.4 Å². The molecule has 0 radical (unpaired) electrons. The number of ether oxygens (including phenoxy) is 1. The van der Waals surface area contributed by atoms with E-state index in [0.29, 0.717) is 17.2 Å². The van der Waals surface area contributed by atoms with Crippen LogP contribution in [0.5, 0.6) is 5.75 Å². The number of piperidine rings is 1. The predicted molar refractivity (Wildman–Crippen MR) is 132 cm³/mol. The fourth-order valence-corrected chi connectivity index (χ4v) is 5.73. The molecule has 0 aromatic heterocycles. The minimum atomic E-state index is 0.226. The van der Waals surface area contributed by atoms with Crippen LogP contribution in [-0.2, 0) is 6.54 Å². The molecule has 0 bridgehead atoms. The number of fused-ring (bicyclic) bond motifs is 1. The Bertz CT molecular complexity index is 1060. The van der Waals surface area contributed by atoms with Crippen LogP contribution >= 0.6 is 0 Å². The van der Waals surface area contributed by atoms with E-state index < -0.39 is 0 Å². The Kier molecular flexibility index (Phi) is 6.60. The molecular weight excluding hydrogens is 408 g/mol. The summed E-state index contributed by atoms with van der Waals surface area (Å²) in [5, 5.41) is 22.4. The summed E-state index contributed by atoms with van der Waals surface area (Å²) in [5.41, 5.74) is 3.19. The Labute approximate surface area is 197 Å². The van der Waals surface area contributed by atoms with Crippen LogP contribution in [0.1, 0.15) is 75.8 Å². The molecule has 2 aromatic carbocycles. The number of hydrogen-bond acceptors (Lipinski definition) is 4. The number of hydrogen-bond donors (Lipinski definition) is 1. The minimum absolute atomic E-state index is 0.226. The molecule has 2 aliphatic carbocycles. The van der Waals surface area contributed by atoms with Crippen LogP contribution in [0.4, 0.5) is 0 Å². The number of benzene rings is 2. The molecule has 3 aliphatic rings. The van der Waals surface area contributed by atoms with Gasteiger partial charge in [0.2, 0.25) is 0 Å². The van der Waals surface area contributed by atoms with Crippen LogP contribution < -0.4 is 4.74 Å². The van der Waals surface area contributed by atoms with Gasteiger partial charge in [-0.2, -0.15) is 5.26 Å². The van der Waals surface area contributed by atoms with Gasteiger partial charge in [-0.3, -0.25) is 4.90 Å². The molecule has 1 N–H and O–H groups in total. The van der Waals surface area contributed by atoms with Crippen molar-refractivity contribution in [1.82, 2.24) is 4.90 Å². The summed E-state index contributed by atoms with van der Waals surface area (Å²) in [7, 11) is 0. The second-order valence-corrected chi connectivity index (χ2v) is 10.3. The highest BCUT2D eigenvalue weighted by Crippen LogP contribution is 2.37. The summed E-state index contributed by atoms with van der Waals surface area (Å²) in [6.07, 6.45) is 10.4. The minimum Gasteiger partial charge on any atom is -0.512 e.